The van der Waals surface area contributed by atoms with Gasteiger partial charge in [0.05, 0.1) is 6.10 Å². The minimum Gasteiger partial charge on any atom is -0.476 e. The predicted octanol–water partition coefficient (Wildman–Crippen LogP) is 4.99. The summed E-state index contributed by atoms with van der Waals surface area (Å²) < 4.78 is 10.9. The van der Waals surface area contributed by atoms with E-state index in [-0.39, 0.29) is 11.9 Å². The standard InChI is InChI=1S/C21H23ClO4/c1-13(2)25-20(24)21(4,5)26-17-9-6-15(7-10-17)19(23)18-11-8-16(22)12-14(18)3/h6-13H,1-5H3. The maximum Gasteiger partial charge on any atom is 0.350 e. The molecule has 2 aromatic carbocycles. The second kappa shape index (κ2) is 7.92. The number of carbonyl (C=O) groups is 2. The van der Waals surface area contributed by atoms with Crippen LogP contribution in [-0.2, 0) is 9.53 Å². The molecule has 0 bridgehead atoms. The summed E-state index contributed by atoms with van der Waals surface area (Å²) in [5.74, 6) is -0.0475. The monoisotopic (exact) mass is 374 g/mol. The lowest BCUT2D eigenvalue weighted by Gasteiger charge is -2.25. The van der Waals surface area contributed by atoms with Crippen molar-refractivity contribution in [1.82, 2.24) is 0 Å². The van der Waals surface area contributed by atoms with Crippen molar-refractivity contribution >= 4 is 23.4 Å². The Hall–Kier alpha value is -2.33. The van der Waals surface area contributed by atoms with Crippen LogP contribution in [0, 0.1) is 6.92 Å². The Morgan fingerprint density at radius 2 is 1.65 bits per heavy atom. The average molecular weight is 375 g/mol. The van der Waals surface area contributed by atoms with Crippen LogP contribution in [0.4, 0.5) is 0 Å². The van der Waals surface area contributed by atoms with E-state index in [9.17, 15) is 9.59 Å². The lowest BCUT2D eigenvalue weighted by molar-refractivity contribution is -0.163. The van der Waals surface area contributed by atoms with Crippen molar-refractivity contribution < 1.29 is 19.1 Å². The summed E-state index contributed by atoms with van der Waals surface area (Å²) in [6.07, 6.45) is -0.215. The summed E-state index contributed by atoms with van der Waals surface area (Å²) in [6.45, 7) is 8.71. The van der Waals surface area contributed by atoms with Crippen LogP contribution in [0.25, 0.3) is 0 Å². The van der Waals surface area contributed by atoms with E-state index in [2.05, 4.69) is 0 Å². The van der Waals surface area contributed by atoms with E-state index in [0.717, 1.165) is 5.56 Å². The lowest BCUT2D eigenvalue weighted by atomic mass is 9.99. The van der Waals surface area contributed by atoms with Gasteiger partial charge in [-0.05, 0) is 82.6 Å². The first-order valence-corrected chi connectivity index (χ1v) is 8.79. The number of esters is 1. The Morgan fingerprint density at radius 3 is 2.19 bits per heavy atom. The zero-order valence-corrected chi connectivity index (χ0v) is 16.4. The smallest absolute Gasteiger partial charge is 0.350 e. The van der Waals surface area contributed by atoms with Crippen molar-refractivity contribution in [3.8, 4) is 5.75 Å². The van der Waals surface area contributed by atoms with Crippen LogP contribution in [0.2, 0.25) is 5.02 Å². The zero-order chi connectivity index (χ0) is 19.5. The van der Waals surface area contributed by atoms with Crippen LogP contribution < -0.4 is 4.74 Å². The van der Waals surface area contributed by atoms with Crippen LogP contribution in [-0.4, -0.2) is 23.5 Å². The number of ether oxygens (including phenoxy) is 2. The molecular weight excluding hydrogens is 352 g/mol. The Balaban J connectivity index is 2.15. The third-order valence-electron chi connectivity index (χ3n) is 3.76. The van der Waals surface area contributed by atoms with Crippen molar-refractivity contribution in [2.45, 2.75) is 46.3 Å². The molecule has 0 aromatic heterocycles. The topological polar surface area (TPSA) is 52.6 Å². The number of halogens is 1. The Bertz CT molecular complexity index is 807. The molecule has 0 saturated heterocycles. The van der Waals surface area contributed by atoms with Crippen molar-refractivity contribution in [3.63, 3.8) is 0 Å². The highest BCUT2D eigenvalue weighted by molar-refractivity contribution is 6.30. The fraction of sp³-hybridized carbons (Fsp3) is 0.333. The van der Waals surface area contributed by atoms with Crippen LogP contribution in [0.1, 0.15) is 49.2 Å². The molecule has 2 rings (SSSR count). The number of hydrogen-bond acceptors (Lipinski definition) is 4. The predicted molar refractivity (Wildman–Crippen MR) is 102 cm³/mol. The van der Waals surface area contributed by atoms with Crippen LogP contribution in [0.3, 0.4) is 0 Å². The molecule has 5 heteroatoms. The number of carbonyl (C=O) groups excluding carboxylic acids is 2. The van der Waals surface area contributed by atoms with Crippen LogP contribution >= 0.6 is 11.6 Å². The van der Waals surface area contributed by atoms with Gasteiger partial charge in [-0.3, -0.25) is 4.79 Å². The molecule has 0 N–H and O–H groups in total. The molecule has 0 unspecified atom stereocenters. The Kier molecular flexibility index (Phi) is 6.09. The third-order valence-corrected chi connectivity index (χ3v) is 3.99. The minimum absolute atomic E-state index is 0.0933. The molecule has 0 aliphatic heterocycles. The van der Waals surface area contributed by atoms with Gasteiger partial charge >= 0.3 is 5.97 Å². The molecule has 0 aliphatic carbocycles. The molecule has 0 atom stereocenters. The van der Waals surface area contributed by atoms with E-state index in [1.165, 1.54) is 0 Å². The summed E-state index contributed by atoms with van der Waals surface area (Å²) in [6, 6.07) is 11.9. The van der Waals surface area contributed by atoms with E-state index in [1.807, 2.05) is 6.92 Å². The molecule has 2 aromatic rings. The number of hydrogen-bond donors (Lipinski definition) is 0. The molecule has 0 fully saturated rings. The molecule has 0 spiro atoms. The van der Waals surface area contributed by atoms with E-state index in [4.69, 9.17) is 21.1 Å². The van der Waals surface area contributed by atoms with E-state index < -0.39 is 11.6 Å². The van der Waals surface area contributed by atoms with Gasteiger partial charge in [0.2, 0.25) is 0 Å². The quantitative estimate of drug-likeness (QED) is 0.528. The van der Waals surface area contributed by atoms with Crippen molar-refractivity contribution in [2.75, 3.05) is 0 Å². The number of benzene rings is 2. The molecule has 0 aliphatic rings. The largest absolute Gasteiger partial charge is 0.476 e. The van der Waals surface area contributed by atoms with Crippen molar-refractivity contribution in [3.05, 3.63) is 64.2 Å². The SMILES string of the molecule is Cc1cc(Cl)ccc1C(=O)c1ccc(OC(C)(C)C(=O)OC(C)C)cc1. The number of rotatable bonds is 6. The fourth-order valence-corrected chi connectivity index (χ4v) is 2.63. The maximum absolute atomic E-state index is 12.6. The van der Waals surface area contributed by atoms with E-state index in [1.54, 1.807) is 70.2 Å². The normalized spacial score (nSPS) is 11.3. The molecular formula is C21H23ClO4. The van der Waals surface area contributed by atoms with Crippen LogP contribution in [0.5, 0.6) is 5.75 Å². The summed E-state index contributed by atoms with van der Waals surface area (Å²) in [5.41, 5.74) is 0.831. The average Bonchev–Trinajstić information content (AvgIpc) is 2.54. The highest BCUT2D eigenvalue weighted by atomic mass is 35.5. The summed E-state index contributed by atoms with van der Waals surface area (Å²) in [7, 11) is 0. The molecule has 0 amide bonds. The maximum atomic E-state index is 12.6. The van der Waals surface area contributed by atoms with Gasteiger partial charge in [-0.25, -0.2) is 4.79 Å². The van der Waals surface area contributed by atoms with Crippen LogP contribution in [0.15, 0.2) is 42.5 Å². The molecule has 0 saturated carbocycles. The van der Waals surface area contributed by atoms with Gasteiger partial charge < -0.3 is 9.47 Å². The zero-order valence-electron chi connectivity index (χ0n) is 15.6. The molecule has 0 radical (unpaired) electrons. The van der Waals surface area contributed by atoms with Crippen molar-refractivity contribution in [1.29, 1.82) is 0 Å². The van der Waals surface area contributed by atoms with Gasteiger partial charge in [0, 0.05) is 16.1 Å². The van der Waals surface area contributed by atoms with Gasteiger partial charge in [0.25, 0.3) is 0 Å². The second-order valence-electron chi connectivity index (χ2n) is 6.88. The highest BCUT2D eigenvalue weighted by Crippen LogP contribution is 2.23. The fourth-order valence-electron chi connectivity index (χ4n) is 2.40. The first kappa shape index (κ1) is 20.0. The Labute approximate surface area is 159 Å². The van der Waals surface area contributed by atoms with Crippen molar-refractivity contribution in [2.24, 2.45) is 0 Å². The van der Waals surface area contributed by atoms with Gasteiger partial charge in [0.15, 0.2) is 11.4 Å². The first-order valence-electron chi connectivity index (χ1n) is 8.41. The second-order valence-corrected chi connectivity index (χ2v) is 7.32. The minimum atomic E-state index is -1.12. The third kappa shape index (κ3) is 4.85. The number of ketones is 1. The first-order chi connectivity index (χ1) is 12.1. The van der Waals surface area contributed by atoms with Gasteiger partial charge in [0.1, 0.15) is 5.75 Å². The lowest BCUT2D eigenvalue weighted by Crippen LogP contribution is -2.40. The van der Waals surface area contributed by atoms with Gasteiger partial charge in [-0.2, -0.15) is 0 Å². The summed E-state index contributed by atoms with van der Waals surface area (Å²) >= 11 is 5.94. The van der Waals surface area contributed by atoms with E-state index >= 15 is 0 Å². The van der Waals surface area contributed by atoms with E-state index in [0.29, 0.717) is 21.9 Å². The number of aryl methyl sites for hydroxylation is 1. The van der Waals surface area contributed by atoms with Gasteiger partial charge in [-0.1, -0.05) is 11.6 Å². The Morgan fingerprint density at radius 1 is 1.04 bits per heavy atom. The molecule has 26 heavy (non-hydrogen) atoms. The summed E-state index contributed by atoms with van der Waals surface area (Å²) in [5, 5.41) is 0.596. The van der Waals surface area contributed by atoms with Gasteiger partial charge in [-0.15, -0.1) is 0 Å². The molecule has 0 heterocycles. The summed E-state index contributed by atoms with van der Waals surface area (Å²) in [4.78, 5) is 24.7. The molecule has 4 nitrogen and oxygen atoms in total. The highest BCUT2D eigenvalue weighted by Gasteiger charge is 2.32. The molecule has 138 valence electrons.